The highest BCUT2D eigenvalue weighted by Gasteiger charge is 2.45. The molecule has 3 fully saturated rings. The van der Waals surface area contributed by atoms with E-state index in [0.29, 0.717) is 66.6 Å². The fourth-order valence-electron chi connectivity index (χ4n) is 9.74. The lowest BCUT2D eigenvalue weighted by atomic mass is 9.89. The SMILES string of the molecule is C#Cc1c(F)ccc2cc(O)cc(-c3nc4c5c(nc(OCC67CCCN6CCC7)nc5c3F)N3CCN(Cc5oc(=O)oc5C(C)(C)C)CC3CC[C@H]4C)c12.CC. The third-order valence-corrected chi connectivity index (χ3v) is 12.4. The smallest absolute Gasteiger partial charge is 0.508 e. The van der Waals surface area contributed by atoms with Crippen LogP contribution in [0.25, 0.3) is 32.9 Å². The zero-order valence-electron chi connectivity index (χ0n) is 34.3. The van der Waals surface area contributed by atoms with Crippen molar-refractivity contribution >= 4 is 27.5 Å². The van der Waals surface area contributed by atoms with Gasteiger partial charge in [0.1, 0.15) is 35.2 Å². The zero-order chi connectivity index (χ0) is 41.1. The number of hydrogen-bond acceptors (Lipinski definition) is 11. The largest absolute Gasteiger partial charge is 0.519 e. The summed E-state index contributed by atoms with van der Waals surface area (Å²) in [6.45, 7) is 16.7. The van der Waals surface area contributed by atoms with Gasteiger partial charge in [-0.15, -0.1) is 6.42 Å². The number of rotatable bonds is 6. The molecule has 5 aromatic rings. The van der Waals surface area contributed by atoms with Gasteiger partial charge in [0.05, 0.1) is 28.7 Å². The van der Waals surface area contributed by atoms with Gasteiger partial charge in [-0.3, -0.25) is 9.80 Å². The van der Waals surface area contributed by atoms with Gasteiger partial charge in [-0.1, -0.05) is 53.5 Å². The summed E-state index contributed by atoms with van der Waals surface area (Å²) < 4.78 is 50.2. The van der Waals surface area contributed by atoms with Crippen molar-refractivity contribution in [2.24, 2.45) is 0 Å². The van der Waals surface area contributed by atoms with Crippen molar-refractivity contribution in [1.82, 2.24) is 24.8 Å². The molecule has 0 aliphatic carbocycles. The van der Waals surface area contributed by atoms with Crippen molar-refractivity contribution in [2.75, 3.05) is 44.2 Å². The van der Waals surface area contributed by atoms with Gasteiger partial charge in [0, 0.05) is 42.0 Å². The fourth-order valence-corrected chi connectivity index (χ4v) is 9.74. The van der Waals surface area contributed by atoms with E-state index in [0.717, 1.165) is 51.6 Å². The molecule has 0 radical (unpaired) electrons. The summed E-state index contributed by atoms with van der Waals surface area (Å²) in [6.07, 6.45) is 11.6. The van der Waals surface area contributed by atoms with Crippen LogP contribution in [0.3, 0.4) is 0 Å². The van der Waals surface area contributed by atoms with Crippen LogP contribution in [0.2, 0.25) is 0 Å². The van der Waals surface area contributed by atoms with Crippen molar-refractivity contribution in [3.63, 3.8) is 0 Å². The molecule has 2 aromatic carbocycles. The van der Waals surface area contributed by atoms with Gasteiger partial charge in [0.2, 0.25) is 0 Å². The Balaban J connectivity index is 0.00000231. The van der Waals surface area contributed by atoms with Crippen molar-refractivity contribution in [3.8, 4) is 35.4 Å². The average molecular weight is 795 g/mol. The summed E-state index contributed by atoms with van der Waals surface area (Å²) in [4.78, 5) is 34.1. The number of aromatic nitrogens is 3. The van der Waals surface area contributed by atoms with E-state index in [2.05, 4.69) is 27.5 Å². The number of pyridine rings is 1. The molecule has 0 spiro atoms. The molecule has 306 valence electrons. The van der Waals surface area contributed by atoms with Crippen LogP contribution in [0.15, 0.2) is 37.9 Å². The molecule has 2 atom stereocenters. The highest BCUT2D eigenvalue weighted by molar-refractivity contribution is 6.03. The number of phenols is 1. The molecule has 0 bridgehead atoms. The number of fused-ring (bicyclic) bond motifs is 4. The first-order valence-corrected chi connectivity index (χ1v) is 20.7. The number of anilines is 1. The monoisotopic (exact) mass is 794 g/mol. The lowest BCUT2D eigenvalue weighted by Crippen LogP contribution is -2.53. The number of halogens is 2. The first-order chi connectivity index (χ1) is 27.8. The minimum atomic E-state index is -0.731. The number of ether oxygens (including phenoxy) is 1. The van der Waals surface area contributed by atoms with E-state index in [4.69, 9.17) is 34.9 Å². The number of hydrogen-bond donors (Lipinski definition) is 1. The third-order valence-electron chi connectivity index (χ3n) is 12.4. The van der Waals surface area contributed by atoms with Crippen LogP contribution in [-0.2, 0) is 12.0 Å². The maximum atomic E-state index is 17.5. The molecule has 0 saturated carbocycles. The van der Waals surface area contributed by atoms with Crippen LogP contribution in [0.1, 0.15) is 109 Å². The van der Waals surface area contributed by atoms with Gasteiger partial charge < -0.3 is 23.6 Å². The molecule has 3 saturated heterocycles. The minimum absolute atomic E-state index is 0.0142. The third kappa shape index (κ3) is 6.87. The average Bonchev–Trinajstić information content (AvgIpc) is 3.90. The Bertz CT molecular complexity index is 2470. The zero-order valence-corrected chi connectivity index (χ0v) is 34.3. The van der Waals surface area contributed by atoms with E-state index >= 15 is 8.78 Å². The van der Waals surface area contributed by atoms with Crippen LogP contribution >= 0.6 is 0 Å². The predicted octanol–water partition coefficient (Wildman–Crippen LogP) is 8.28. The molecule has 7 heterocycles. The van der Waals surface area contributed by atoms with Crippen molar-refractivity contribution in [2.45, 2.75) is 110 Å². The topological polar surface area (TPSA) is 121 Å². The standard InChI is InChI=1S/C43H46F2N6O5.C2H6/c1-6-28-30(44)12-10-25-19-27(52)20-29(32(25)28)36-34(45)37-33-35(46-36)24(2)9-11-26-21-49(22-31-38(42(3,4)5)56-41(53)55-31)17-18-51(26)39(33)48-40(47-37)54-23-43-13-7-15-50(43)16-8-14-43;1-2/h1,10,12,19-20,24,26,52H,7-9,11,13-18,21-23H2,2-5H3;1-2H3/t24-,26?;/m1./s1. The number of piperazine rings is 1. The van der Waals surface area contributed by atoms with E-state index < -0.39 is 22.9 Å². The molecule has 0 amide bonds. The number of nitrogens with zero attached hydrogens (tertiary/aromatic N) is 6. The number of aromatic hydroxyl groups is 1. The highest BCUT2D eigenvalue weighted by atomic mass is 19.1. The second kappa shape index (κ2) is 15.3. The maximum absolute atomic E-state index is 17.5. The highest BCUT2D eigenvalue weighted by Crippen LogP contribution is 2.45. The van der Waals surface area contributed by atoms with Gasteiger partial charge in [-0.25, -0.2) is 18.6 Å². The molecule has 13 heteroatoms. The van der Waals surface area contributed by atoms with Gasteiger partial charge in [0.15, 0.2) is 17.3 Å². The Morgan fingerprint density at radius 2 is 1.78 bits per heavy atom. The molecule has 1 unspecified atom stereocenters. The van der Waals surface area contributed by atoms with Crippen LogP contribution in [0, 0.1) is 24.0 Å². The number of phenolic OH excluding ortho intramolecular Hbond substituents is 1. The minimum Gasteiger partial charge on any atom is -0.508 e. The second-order valence-corrected chi connectivity index (χ2v) is 17.1. The Hall–Kier alpha value is -5.06. The molecule has 4 aliphatic heterocycles. The van der Waals surface area contributed by atoms with Crippen molar-refractivity contribution in [1.29, 1.82) is 0 Å². The Morgan fingerprint density at radius 1 is 1.02 bits per heavy atom. The van der Waals surface area contributed by atoms with Crippen LogP contribution in [0.5, 0.6) is 11.8 Å². The van der Waals surface area contributed by atoms with Crippen molar-refractivity contribution < 1.29 is 27.5 Å². The van der Waals surface area contributed by atoms with Gasteiger partial charge in [0.25, 0.3) is 0 Å². The fraction of sp³-hybridized carbons (Fsp3) is 0.511. The Kier molecular flexibility index (Phi) is 10.5. The summed E-state index contributed by atoms with van der Waals surface area (Å²) in [6, 6.07) is 5.69. The first-order valence-electron chi connectivity index (χ1n) is 20.7. The summed E-state index contributed by atoms with van der Waals surface area (Å²) >= 11 is 0. The summed E-state index contributed by atoms with van der Waals surface area (Å²) in [5, 5.41) is 12.1. The Morgan fingerprint density at radius 3 is 2.50 bits per heavy atom. The quantitative estimate of drug-likeness (QED) is 0.167. The maximum Gasteiger partial charge on any atom is 0.519 e. The van der Waals surface area contributed by atoms with Gasteiger partial charge in [-0.2, -0.15) is 9.97 Å². The summed E-state index contributed by atoms with van der Waals surface area (Å²) in [5.74, 6) is 1.72. The molecule has 4 aliphatic rings. The number of benzene rings is 2. The molecular weight excluding hydrogens is 743 g/mol. The van der Waals surface area contributed by atoms with E-state index in [1.165, 1.54) is 24.3 Å². The molecule has 1 N–H and O–H groups in total. The van der Waals surface area contributed by atoms with Gasteiger partial charge >= 0.3 is 11.8 Å². The van der Waals surface area contributed by atoms with Crippen LogP contribution < -0.4 is 15.5 Å². The van der Waals surface area contributed by atoms with Crippen LogP contribution in [0.4, 0.5) is 14.6 Å². The normalized spacial score (nSPS) is 20.6. The van der Waals surface area contributed by atoms with E-state index in [1.54, 1.807) is 0 Å². The number of terminal acetylenes is 1. The van der Waals surface area contributed by atoms with E-state index in [1.807, 2.05) is 34.6 Å². The lowest BCUT2D eigenvalue weighted by Gasteiger charge is -2.44. The molecular formula is C45H52F2N6O5. The molecule has 3 aromatic heterocycles. The van der Waals surface area contributed by atoms with Gasteiger partial charge in [-0.05, 0) is 81.1 Å². The van der Waals surface area contributed by atoms with Crippen molar-refractivity contribution in [3.05, 3.63) is 69.3 Å². The van der Waals surface area contributed by atoms with E-state index in [9.17, 15) is 9.90 Å². The van der Waals surface area contributed by atoms with E-state index in [-0.39, 0.29) is 57.0 Å². The molecule has 9 rings (SSSR count). The summed E-state index contributed by atoms with van der Waals surface area (Å²) in [7, 11) is 0. The predicted molar refractivity (Wildman–Crippen MR) is 219 cm³/mol. The van der Waals surface area contributed by atoms with Crippen LogP contribution in [-0.4, -0.2) is 80.8 Å². The first kappa shape index (κ1) is 39.8. The summed E-state index contributed by atoms with van der Waals surface area (Å²) in [5.41, 5.74) is 0.230. The lowest BCUT2D eigenvalue weighted by molar-refractivity contribution is 0.107. The Labute approximate surface area is 337 Å². The molecule has 11 nitrogen and oxygen atoms in total. The molecule has 58 heavy (non-hydrogen) atoms. The second-order valence-electron chi connectivity index (χ2n) is 17.1.